The van der Waals surface area contributed by atoms with Gasteiger partial charge >= 0.3 is 6.09 Å². The number of alkyl carbamates (subject to hydrolysis) is 1. The molecular formula is C29H44N4O4. The summed E-state index contributed by atoms with van der Waals surface area (Å²) < 4.78 is 5.40. The van der Waals surface area contributed by atoms with E-state index in [9.17, 15) is 19.6 Å². The van der Waals surface area contributed by atoms with Crippen LogP contribution in [0.4, 0.5) is 4.79 Å². The number of ether oxygens (including phenoxy) is 1. The zero-order chi connectivity index (χ0) is 27.8. The molecule has 8 heteroatoms. The number of nitrogens with one attached hydrogen (secondary N) is 2. The Labute approximate surface area is 222 Å². The van der Waals surface area contributed by atoms with Gasteiger partial charge in [0.1, 0.15) is 24.2 Å². The van der Waals surface area contributed by atoms with Gasteiger partial charge in [-0.05, 0) is 76.5 Å². The molecule has 2 unspecified atom stereocenters. The topological polar surface area (TPSA) is 112 Å². The first kappa shape index (κ1) is 30.1. The second kappa shape index (κ2) is 13.5. The molecule has 1 fully saturated rings. The van der Waals surface area contributed by atoms with Gasteiger partial charge in [-0.1, -0.05) is 51.3 Å². The van der Waals surface area contributed by atoms with Gasteiger partial charge in [0.25, 0.3) is 0 Å². The third-order valence-electron chi connectivity index (χ3n) is 6.58. The van der Waals surface area contributed by atoms with Gasteiger partial charge in [-0.2, -0.15) is 5.26 Å². The maximum absolute atomic E-state index is 14.0. The first-order valence-corrected chi connectivity index (χ1v) is 13.4. The van der Waals surface area contributed by atoms with Crippen LogP contribution in [-0.2, 0) is 14.3 Å². The first-order chi connectivity index (χ1) is 17.3. The number of nitrogens with zero attached hydrogens (tertiary/aromatic N) is 2. The molecule has 37 heavy (non-hydrogen) atoms. The van der Waals surface area contributed by atoms with Crippen molar-refractivity contribution in [1.29, 1.82) is 5.26 Å². The molecule has 1 aromatic rings. The van der Waals surface area contributed by atoms with Gasteiger partial charge in [0.05, 0.1) is 6.07 Å². The van der Waals surface area contributed by atoms with Crippen molar-refractivity contribution in [3.63, 3.8) is 0 Å². The Balaban J connectivity index is 2.46. The number of hydrogen-bond acceptors (Lipinski definition) is 5. The zero-order valence-corrected chi connectivity index (χ0v) is 23.5. The second-order valence-corrected chi connectivity index (χ2v) is 11.5. The Morgan fingerprint density at radius 2 is 1.76 bits per heavy atom. The minimum atomic E-state index is -0.997. The predicted molar refractivity (Wildman–Crippen MR) is 144 cm³/mol. The van der Waals surface area contributed by atoms with E-state index < -0.39 is 29.7 Å². The van der Waals surface area contributed by atoms with Gasteiger partial charge in [-0.3, -0.25) is 9.59 Å². The lowest BCUT2D eigenvalue weighted by molar-refractivity contribution is -0.142. The average molecular weight is 513 g/mol. The van der Waals surface area contributed by atoms with E-state index in [4.69, 9.17) is 4.74 Å². The fourth-order valence-electron chi connectivity index (χ4n) is 4.65. The lowest BCUT2D eigenvalue weighted by Crippen LogP contribution is -2.54. The van der Waals surface area contributed by atoms with Crippen LogP contribution in [0.25, 0.3) is 0 Å². The molecule has 1 saturated carbocycles. The molecule has 1 aromatic carbocycles. The fourth-order valence-corrected chi connectivity index (χ4v) is 4.65. The van der Waals surface area contributed by atoms with E-state index in [-0.39, 0.29) is 24.4 Å². The largest absolute Gasteiger partial charge is 0.444 e. The van der Waals surface area contributed by atoms with Crippen molar-refractivity contribution in [2.24, 2.45) is 5.92 Å². The third kappa shape index (κ3) is 9.38. The van der Waals surface area contributed by atoms with E-state index in [2.05, 4.69) is 16.7 Å². The van der Waals surface area contributed by atoms with Crippen LogP contribution in [0.2, 0.25) is 0 Å². The lowest BCUT2D eigenvalue weighted by Gasteiger charge is -2.35. The van der Waals surface area contributed by atoms with Crippen molar-refractivity contribution in [2.45, 2.75) is 111 Å². The molecule has 1 aliphatic rings. The van der Waals surface area contributed by atoms with Crippen LogP contribution in [0, 0.1) is 31.1 Å². The first-order valence-electron chi connectivity index (χ1n) is 13.4. The standard InChI is InChI=1S/C29H44N4O4/c1-19(2)17-24(32-28(36)37-29(5,6)7)27(35)33(16-15-30)25(22-14-13-20(3)21(4)18-22)26(34)31-23-11-9-8-10-12-23/h13-14,18-19,23-25H,8-12,16-17H2,1-7H3,(H,31,34)(H,32,36). The number of carbonyl (C=O) groups is 3. The quantitative estimate of drug-likeness (QED) is 0.448. The molecule has 0 saturated heterocycles. The molecular weight excluding hydrogens is 468 g/mol. The van der Waals surface area contributed by atoms with Crippen LogP contribution in [-0.4, -0.2) is 47.0 Å². The number of rotatable bonds is 9. The number of carbonyl (C=O) groups excluding carboxylic acids is 3. The summed E-state index contributed by atoms with van der Waals surface area (Å²) in [4.78, 5) is 41.6. The monoisotopic (exact) mass is 512 g/mol. The molecule has 3 amide bonds. The minimum absolute atomic E-state index is 0.0423. The van der Waals surface area contributed by atoms with Crippen molar-refractivity contribution in [3.05, 3.63) is 34.9 Å². The Morgan fingerprint density at radius 1 is 1.11 bits per heavy atom. The van der Waals surface area contributed by atoms with Crippen LogP contribution < -0.4 is 10.6 Å². The van der Waals surface area contributed by atoms with Crippen molar-refractivity contribution in [3.8, 4) is 6.07 Å². The van der Waals surface area contributed by atoms with Crippen molar-refractivity contribution in [2.75, 3.05) is 6.54 Å². The lowest BCUT2D eigenvalue weighted by atomic mass is 9.93. The summed E-state index contributed by atoms with van der Waals surface area (Å²) >= 11 is 0. The summed E-state index contributed by atoms with van der Waals surface area (Å²) in [6.07, 6.45) is 4.68. The van der Waals surface area contributed by atoms with Crippen molar-refractivity contribution in [1.82, 2.24) is 15.5 Å². The van der Waals surface area contributed by atoms with Gasteiger partial charge in [0.2, 0.25) is 11.8 Å². The SMILES string of the molecule is Cc1ccc(C(C(=O)NC2CCCCC2)N(CC#N)C(=O)C(CC(C)C)NC(=O)OC(C)(C)C)cc1C. The van der Waals surface area contributed by atoms with Crippen LogP contribution in [0.15, 0.2) is 18.2 Å². The number of aryl methyl sites for hydroxylation is 2. The summed E-state index contributed by atoms with van der Waals surface area (Å²) in [5, 5.41) is 15.5. The molecule has 0 spiro atoms. The van der Waals surface area contributed by atoms with Gasteiger partial charge in [-0.15, -0.1) is 0 Å². The predicted octanol–water partition coefficient (Wildman–Crippen LogP) is 5.09. The molecule has 2 rings (SSSR count). The third-order valence-corrected chi connectivity index (χ3v) is 6.58. The average Bonchev–Trinajstić information content (AvgIpc) is 2.79. The smallest absolute Gasteiger partial charge is 0.408 e. The fraction of sp³-hybridized carbons (Fsp3) is 0.655. The molecule has 204 valence electrons. The second-order valence-electron chi connectivity index (χ2n) is 11.5. The number of nitriles is 1. The highest BCUT2D eigenvalue weighted by atomic mass is 16.6. The Morgan fingerprint density at radius 3 is 2.30 bits per heavy atom. The summed E-state index contributed by atoms with van der Waals surface area (Å²) in [7, 11) is 0. The zero-order valence-electron chi connectivity index (χ0n) is 23.5. The van der Waals surface area contributed by atoms with E-state index in [1.165, 1.54) is 4.90 Å². The van der Waals surface area contributed by atoms with Gasteiger partial charge in [0.15, 0.2) is 0 Å². The van der Waals surface area contributed by atoms with Crippen LogP contribution in [0.1, 0.15) is 95.9 Å². The van der Waals surface area contributed by atoms with Crippen LogP contribution in [0.3, 0.4) is 0 Å². The maximum atomic E-state index is 14.0. The van der Waals surface area contributed by atoms with E-state index in [1.54, 1.807) is 20.8 Å². The molecule has 2 N–H and O–H groups in total. The van der Waals surface area contributed by atoms with Gasteiger partial charge < -0.3 is 20.3 Å². The number of benzene rings is 1. The van der Waals surface area contributed by atoms with Crippen LogP contribution >= 0.6 is 0 Å². The Kier molecular flexibility index (Phi) is 11.0. The maximum Gasteiger partial charge on any atom is 0.408 e. The molecule has 0 aromatic heterocycles. The Bertz CT molecular complexity index is 987. The molecule has 1 aliphatic carbocycles. The highest BCUT2D eigenvalue weighted by molar-refractivity contribution is 5.92. The molecule has 0 bridgehead atoms. The minimum Gasteiger partial charge on any atom is -0.444 e. The summed E-state index contributed by atoms with van der Waals surface area (Å²) in [5.74, 6) is -0.716. The Hall–Kier alpha value is -3.08. The molecule has 2 atom stereocenters. The number of amides is 3. The van der Waals surface area contributed by atoms with Crippen molar-refractivity contribution < 1.29 is 19.1 Å². The summed E-state index contributed by atoms with van der Waals surface area (Å²) in [6, 6.07) is 5.82. The van der Waals surface area contributed by atoms with E-state index in [0.717, 1.165) is 43.2 Å². The van der Waals surface area contributed by atoms with Gasteiger partial charge in [0, 0.05) is 6.04 Å². The van der Waals surface area contributed by atoms with E-state index in [0.29, 0.717) is 12.0 Å². The van der Waals surface area contributed by atoms with Crippen molar-refractivity contribution >= 4 is 17.9 Å². The highest BCUT2D eigenvalue weighted by Crippen LogP contribution is 2.27. The van der Waals surface area contributed by atoms with Gasteiger partial charge in [-0.25, -0.2) is 4.79 Å². The molecule has 0 heterocycles. The molecule has 0 radical (unpaired) electrons. The molecule has 8 nitrogen and oxygen atoms in total. The number of hydrogen-bond donors (Lipinski definition) is 2. The van der Waals surface area contributed by atoms with Crippen LogP contribution in [0.5, 0.6) is 0 Å². The molecule has 0 aliphatic heterocycles. The van der Waals surface area contributed by atoms with E-state index in [1.807, 2.05) is 45.9 Å². The normalized spacial score (nSPS) is 15.9. The highest BCUT2D eigenvalue weighted by Gasteiger charge is 2.37. The van der Waals surface area contributed by atoms with E-state index >= 15 is 0 Å². The summed E-state index contributed by atoms with van der Waals surface area (Å²) in [6.45, 7) is 12.8. The summed E-state index contributed by atoms with van der Waals surface area (Å²) in [5.41, 5.74) is 1.96.